The summed E-state index contributed by atoms with van der Waals surface area (Å²) in [7, 11) is 0. The second kappa shape index (κ2) is 6.31. The van der Waals surface area contributed by atoms with Gasteiger partial charge in [-0.2, -0.15) is 5.10 Å². The maximum absolute atomic E-state index is 12.6. The number of hydrogen-bond acceptors (Lipinski definition) is 6. The van der Waals surface area contributed by atoms with Crippen molar-refractivity contribution >= 4 is 23.1 Å². The Kier molecular flexibility index (Phi) is 3.58. The van der Waals surface area contributed by atoms with Crippen molar-refractivity contribution in [2.24, 2.45) is 4.99 Å². The molecule has 6 heterocycles. The van der Waals surface area contributed by atoms with Crippen molar-refractivity contribution in [3.8, 4) is 11.4 Å². The highest BCUT2D eigenvalue weighted by molar-refractivity contribution is 6.14. The summed E-state index contributed by atoms with van der Waals surface area (Å²) in [6.45, 7) is 3.12. The largest absolute Gasteiger partial charge is 0.309 e. The molecule has 0 spiro atoms. The molecule has 0 aliphatic carbocycles. The van der Waals surface area contributed by atoms with Gasteiger partial charge in [0.15, 0.2) is 5.82 Å². The summed E-state index contributed by atoms with van der Waals surface area (Å²) in [6.07, 6.45) is 6.68. The van der Waals surface area contributed by atoms with Gasteiger partial charge >= 0.3 is 0 Å². The summed E-state index contributed by atoms with van der Waals surface area (Å²) in [5, 5.41) is 7.57. The summed E-state index contributed by atoms with van der Waals surface area (Å²) in [5.74, 6) is 0.404. The number of pyridine rings is 1. The number of carbonyl (C=O) groups is 1. The van der Waals surface area contributed by atoms with Crippen LogP contribution in [0.15, 0.2) is 41.8 Å². The molecule has 0 radical (unpaired) electrons. The molecular formula is C21H18N8O. The zero-order valence-corrected chi connectivity index (χ0v) is 16.3. The van der Waals surface area contributed by atoms with E-state index < -0.39 is 0 Å². The molecule has 30 heavy (non-hydrogen) atoms. The number of carbonyl (C=O) groups excluding carboxylic acids is 1. The zero-order chi connectivity index (χ0) is 20.2. The minimum atomic E-state index is -0.0859. The SMILES string of the molecule is Cc1nn2cc1C1=NCc3ncc(nc31)-c1c(nc3ccccn13)NC(=O)CCC2. The molecule has 6 rings (SSSR count). The predicted octanol–water partition coefficient (Wildman–Crippen LogP) is 2.38. The fraction of sp³-hybridized carbons (Fsp3) is 0.238. The lowest BCUT2D eigenvalue weighted by Gasteiger charge is -2.09. The third-order valence-electron chi connectivity index (χ3n) is 5.48. The van der Waals surface area contributed by atoms with Gasteiger partial charge in [0.2, 0.25) is 5.91 Å². The van der Waals surface area contributed by atoms with Gasteiger partial charge in [0.1, 0.15) is 22.7 Å². The van der Waals surface area contributed by atoms with E-state index in [2.05, 4.69) is 20.4 Å². The minimum absolute atomic E-state index is 0.0859. The number of anilines is 1. The molecule has 2 aliphatic heterocycles. The number of aryl methyl sites for hydroxylation is 2. The number of nitrogens with zero attached hydrogens (tertiary/aromatic N) is 7. The summed E-state index contributed by atoms with van der Waals surface area (Å²) < 4.78 is 3.80. The first-order valence-corrected chi connectivity index (χ1v) is 9.90. The lowest BCUT2D eigenvalue weighted by Crippen LogP contribution is -2.14. The van der Waals surface area contributed by atoms with E-state index in [1.807, 2.05) is 46.6 Å². The highest BCUT2D eigenvalue weighted by atomic mass is 16.1. The second-order valence-electron chi connectivity index (χ2n) is 7.50. The fourth-order valence-corrected chi connectivity index (χ4v) is 4.06. The minimum Gasteiger partial charge on any atom is -0.309 e. The van der Waals surface area contributed by atoms with Gasteiger partial charge in [0, 0.05) is 30.9 Å². The van der Waals surface area contributed by atoms with Gasteiger partial charge in [-0.05, 0) is 25.5 Å². The van der Waals surface area contributed by atoms with E-state index in [9.17, 15) is 4.79 Å². The summed E-state index contributed by atoms with van der Waals surface area (Å²) in [4.78, 5) is 31.5. The smallest absolute Gasteiger partial charge is 0.225 e. The Bertz CT molecular complexity index is 1360. The number of rotatable bonds is 0. The van der Waals surface area contributed by atoms with Crippen molar-refractivity contribution < 1.29 is 4.79 Å². The number of imidazole rings is 1. The Morgan fingerprint density at radius 1 is 1.20 bits per heavy atom. The number of aliphatic imine (C=N–C) groups is 1. The van der Waals surface area contributed by atoms with Crippen molar-refractivity contribution in [2.75, 3.05) is 5.32 Å². The van der Waals surface area contributed by atoms with E-state index in [4.69, 9.17) is 9.98 Å². The lowest BCUT2D eigenvalue weighted by atomic mass is 10.1. The molecule has 0 saturated carbocycles. The van der Waals surface area contributed by atoms with Gasteiger partial charge in [0.05, 0.1) is 29.8 Å². The molecule has 4 aromatic heterocycles. The Balaban J connectivity index is 1.61. The molecule has 0 aromatic carbocycles. The summed E-state index contributed by atoms with van der Waals surface area (Å²) in [6, 6.07) is 5.74. The van der Waals surface area contributed by atoms with Crippen LogP contribution in [0.2, 0.25) is 0 Å². The standard InChI is InChI=1S/C21H18N8O/c1-12-13-11-28(27-12)7-4-6-17(30)26-21-20(29-8-3-2-5-16(29)25-21)15-10-22-14-9-23-18(13)19(14)24-15/h2-3,5,8,10-11H,4,6-7,9H2,1H3,(H,26,30). The van der Waals surface area contributed by atoms with Crippen molar-refractivity contribution in [2.45, 2.75) is 32.9 Å². The van der Waals surface area contributed by atoms with Crippen LogP contribution in [-0.4, -0.2) is 40.8 Å². The molecule has 0 atom stereocenters. The number of amides is 1. The highest BCUT2D eigenvalue weighted by Crippen LogP contribution is 2.30. The van der Waals surface area contributed by atoms with Crippen LogP contribution in [0.3, 0.4) is 0 Å². The average Bonchev–Trinajstić information content (AvgIpc) is 3.41. The molecule has 4 aromatic rings. The van der Waals surface area contributed by atoms with Gasteiger partial charge in [-0.3, -0.25) is 23.9 Å². The maximum atomic E-state index is 12.6. The number of hydrogen-bond donors (Lipinski definition) is 1. The molecule has 2 aliphatic rings. The maximum Gasteiger partial charge on any atom is 0.225 e. The molecule has 0 fully saturated rings. The van der Waals surface area contributed by atoms with E-state index in [-0.39, 0.29) is 5.91 Å². The van der Waals surface area contributed by atoms with Gasteiger partial charge in [-0.1, -0.05) is 6.07 Å². The fourth-order valence-electron chi connectivity index (χ4n) is 4.06. The van der Waals surface area contributed by atoms with Crippen LogP contribution < -0.4 is 5.32 Å². The first-order chi connectivity index (χ1) is 14.7. The molecule has 1 N–H and O–H groups in total. The number of aromatic nitrogens is 6. The molecule has 9 nitrogen and oxygen atoms in total. The zero-order valence-electron chi connectivity index (χ0n) is 16.3. The van der Waals surface area contributed by atoms with Crippen LogP contribution in [-0.2, 0) is 17.9 Å². The molecule has 148 valence electrons. The highest BCUT2D eigenvalue weighted by Gasteiger charge is 2.26. The molecule has 1 amide bonds. The number of nitrogens with one attached hydrogen (secondary N) is 1. The van der Waals surface area contributed by atoms with Gasteiger partial charge < -0.3 is 5.32 Å². The molecule has 0 saturated heterocycles. The Labute approximate surface area is 171 Å². The first-order valence-electron chi connectivity index (χ1n) is 9.90. The Morgan fingerprint density at radius 3 is 3.07 bits per heavy atom. The Hall–Kier alpha value is -3.88. The van der Waals surface area contributed by atoms with Gasteiger partial charge in [-0.15, -0.1) is 0 Å². The molecular weight excluding hydrogens is 380 g/mol. The van der Waals surface area contributed by atoms with Crippen molar-refractivity contribution in [3.05, 3.63) is 59.4 Å². The first kappa shape index (κ1) is 17.0. The molecule has 0 unspecified atom stereocenters. The van der Waals surface area contributed by atoms with Crippen molar-refractivity contribution in [1.82, 2.24) is 29.1 Å². The molecule has 9 heteroatoms. The monoisotopic (exact) mass is 398 g/mol. The second-order valence-corrected chi connectivity index (χ2v) is 7.50. The topological polar surface area (TPSA) is 102 Å². The van der Waals surface area contributed by atoms with E-state index >= 15 is 0 Å². The predicted molar refractivity (Wildman–Crippen MR) is 110 cm³/mol. The van der Waals surface area contributed by atoms with E-state index in [0.29, 0.717) is 43.1 Å². The summed E-state index contributed by atoms with van der Waals surface area (Å²) in [5.41, 5.74) is 6.36. The van der Waals surface area contributed by atoms with E-state index in [1.165, 1.54) is 0 Å². The normalized spacial score (nSPS) is 15.5. The number of fused-ring (bicyclic) bond motifs is 8. The van der Waals surface area contributed by atoms with Crippen molar-refractivity contribution in [1.29, 1.82) is 0 Å². The average molecular weight is 398 g/mol. The lowest BCUT2D eigenvalue weighted by molar-refractivity contribution is -0.116. The third kappa shape index (κ3) is 2.55. The third-order valence-corrected chi connectivity index (χ3v) is 5.48. The van der Waals surface area contributed by atoms with E-state index in [0.717, 1.165) is 34.0 Å². The van der Waals surface area contributed by atoms with Gasteiger partial charge in [0.25, 0.3) is 0 Å². The van der Waals surface area contributed by atoms with Gasteiger partial charge in [-0.25, -0.2) is 9.97 Å². The van der Waals surface area contributed by atoms with Crippen LogP contribution in [0.1, 0.15) is 35.5 Å². The molecule has 4 bridgehead atoms. The van der Waals surface area contributed by atoms with E-state index in [1.54, 1.807) is 6.20 Å². The Morgan fingerprint density at radius 2 is 2.13 bits per heavy atom. The van der Waals surface area contributed by atoms with Crippen LogP contribution in [0.25, 0.3) is 17.0 Å². The van der Waals surface area contributed by atoms with Crippen LogP contribution >= 0.6 is 0 Å². The van der Waals surface area contributed by atoms with Crippen LogP contribution in [0.4, 0.5) is 5.82 Å². The summed E-state index contributed by atoms with van der Waals surface area (Å²) >= 11 is 0. The van der Waals surface area contributed by atoms with Crippen LogP contribution in [0, 0.1) is 6.92 Å². The van der Waals surface area contributed by atoms with Crippen LogP contribution in [0.5, 0.6) is 0 Å². The van der Waals surface area contributed by atoms with Crippen molar-refractivity contribution in [3.63, 3.8) is 0 Å². The quantitative estimate of drug-likeness (QED) is 0.490.